The van der Waals surface area contributed by atoms with Gasteiger partial charge in [-0.05, 0) is 60.9 Å². The fraction of sp³-hybridized carbons (Fsp3) is 0.240. The lowest BCUT2D eigenvalue weighted by Crippen LogP contribution is -2.24. The van der Waals surface area contributed by atoms with Crippen molar-refractivity contribution < 1.29 is 9.59 Å². The van der Waals surface area contributed by atoms with Crippen LogP contribution in [0.4, 0.5) is 5.69 Å². The third-order valence-electron chi connectivity index (χ3n) is 5.19. The molecule has 2 aromatic carbocycles. The molecular weight excluding hydrogens is 374 g/mol. The van der Waals surface area contributed by atoms with E-state index in [0.717, 1.165) is 33.8 Å². The molecule has 154 valence electrons. The van der Waals surface area contributed by atoms with Gasteiger partial charge in [0.2, 0.25) is 5.91 Å². The monoisotopic (exact) mass is 401 g/mol. The molecule has 1 heterocycles. The van der Waals surface area contributed by atoms with Crippen LogP contribution in [0.25, 0.3) is 11.1 Å². The summed E-state index contributed by atoms with van der Waals surface area (Å²) in [6.45, 7) is 6.20. The van der Waals surface area contributed by atoms with E-state index >= 15 is 0 Å². The number of carbonyl (C=O) groups is 2. The molecule has 0 saturated carbocycles. The highest BCUT2D eigenvalue weighted by atomic mass is 16.2. The van der Waals surface area contributed by atoms with Gasteiger partial charge in [0.1, 0.15) is 0 Å². The Morgan fingerprint density at radius 1 is 0.900 bits per heavy atom. The van der Waals surface area contributed by atoms with Crippen LogP contribution >= 0.6 is 0 Å². The maximum Gasteiger partial charge on any atom is 0.251 e. The Balaban J connectivity index is 1.65. The molecule has 0 aliphatic carbocycles. The highest BCUT2D eigenvalue weighted by molar-refractivity contribution is 5.95. The molecule has 0 bridgehead atoms. The number of nitrogens with zero attached hydrogens (tertiary/aromatic N) is 2. The van der Waals surface area contributed by atoms with Crippen LogP contribution in [-0.2, 0) is 11.3 Å². The molecule has 1 aromatic heterocycles. The van der Waals surface area contributed by atoms with E-state index in [1.165, 1.54) is 0 Å². The average Bonchev–Trinajstić information content (AvgIpc) is 2.77. The summed E-state index contributed by atoms with van der Waals surface area (Å²) < 4.78 is 0. The predicted octanol–water partition coefficient (Wildman–Crippen LogP) is 4.67. The summed E-state index contributed by atoms with van der Waals surface area (Å²) in [5.41, 5.74) is 6.43. The number of carbonyl (C=O) groups excluding carboxylic acids is 2. The first kappa shape index (κ1) is 21.2. The minimum Gasteiger partial charge on any atom is -0.348 e. The minimum atomic E-state index is -0.114. The van der Waals surface area contributed by atoms with E-state index in [0.29, 0.717) is 18.5 Å². The molecule has 0 aliphatic rings. The van der Waals surface area contributed by atoms with Crippen molar-refractivity contribution in [3.05, 3.63) is 83.2 Å². The molecule has 0 unspecified atom stereocenters. The second-order valence-corrected chi connectivity index (χ2v) is 7.31. The molecule has 3 aromatic rings. The number of amides is 2. The van der Waals surface area contributed by atoms with Crippen LogP contribution in [0.5, 0.6) is 0 Å². The quantitative estimate of drug-likeness (QED) is 0.653. The zero-order valence-corrected chi connectivity index (χ0v) is 17.9. The molecule has 30 heavy (non-hydrogen) atoms. The third-order valence-corrected chi connectivity index (χ3v) is 5.19. The van der Waals surface area contributed by atoms with Crippen LogP contribution in [0.1, 0.15) is 40.7 Å². The fourth-order valence-corrected chi connectivity index (χ4v) is 3.25. The normalized spacial score (nSPS) is 10.5. The topological polar surface area (TPSA) is 62.3 Å². The predicted molar refractivity (Wildman–Crippen MR) is 120 cm³/mol. The highest BCUT2D eigenvalue weighted by Gasteiger charge is 2.10. The molecule has 0 spiro atoms. The Bertz CT molecular complexity index is 1040. The number of aromatic nitrogens is 1. The second kappa shape index (κ2) is 9.35. The van der Waals surface area contributed by atoms with E-state index in [4.69, 9.17) is 0 Å². The number of hydrogen-bond acceptors (Lipinski definition) is 3. The lowest BCUT2D eigenvalue weighted by atomic mass is 10.0. The number of aryl methyl sites for hydroxylation is 2. The molecule has 3 rings (SSSR count). The van der Waals surface area contributed by atoms with Gasteiger partial charge in [0.15, 0.2) is 0 Å². The highest BCUT2D eigenvalue weighted by Crippen LogP contribution is 2.23. The van der Waals surface area contributed by atoms with Gasteiger partial charge < -0.3 is 10.2 Å². The molecule has 0 aliphatic heterocycles. The van der Waals surface area contributed by atoms with Crippen LogP contribution in [0.15, 0.2) is 60.7 Å². The molecule has 0 radical (unpaired) electrons. The SMILES string of the molecule is CCC(=O)N(C)c1ccc(-c2ccc(C(=O)NCc3ccc(C)nc3C)cc2)cc1. The van der Waals surface area contributed by atoms with Crippen LogP contribution in [-0.4, -0.2) is 23.8 Å². The summed E-state index contributed by atoms with van der Waals surface area (Å²) in [6.07, 6.45) is 0.474. The molecular formula is C25H27N3O2. The van der Waals surface area contributed by atoms with Gasteiger partial charge in [-0.2, -0.15) is 0 Å². The third kappa shape index (κ3) is 4.92. The van der Waals surface area contributed by atoms with Crippen molar-refractivity contribution >= 4 is 17.5 Å². The second-order valence-electron chi connectivity index (χ2n) is 7.31. The van der Waals surface area contributed by atoms with Crippen molar-refractivity contribution in [2.24, 2.45) is 0 Å². The van der Waals surface area contributed by atoms with Gasteiger partial charge in [0, 0.05) is 42.7 Å². The zero-order chi connectivity index (χ0) is 21.7. The largest absolute Gasteiger partial charge is 0.348 e. The number of nitrogens with one attached hydrogen (secondary N) is 1. The van der Waals surface area contributed by atoms with Crippen molar-refractivity contribution in [1.29, 1.82) is 0 Å². The zero-order valence-electron chi connectivity index (χ0n) is 17.9. The molecule has 0 fully saturated rings. The molecule has 5 nitrogen and oxygen atoms in total. The van der Waals surface area contributed by atoms with E-state index in [-0.39, 0.29) is 11.8 Å². The first-order valence-corrected chi connectivity index (χ1v) is 10.1. The van der Waals surface area contributed by atoms with Gasteiger partial charge in [-0.25, -0.2) is 0 Å². The minimum absolute atomic E-state index is 0.0785. The van der Waals surface area contributed by atoms with Gasteiger partial charge >= 0.3 is 0 Å². The smallest absolute Gasteiger partial charge is 0.251 e. The summed E-state index contributed by atoms with van der Waals surface area (Å²) in [5, 5.41) is 2.95. The number of hydrogen-bond donors (Lipinski definition) is 1. The van der Waals surface area contributed by atoms with Gasteiger partial charge in [-0.1, -0.05) is 37.3 Å². The van der Waals surface area contributed by atoms with Gasteiger partial charge in [0.05, 0.1) is 0 Å². The Labute approximate surface area is 177 Å². The maximum atomic E-state index is 12.5. The lowest BCUT2D eigenvalue weighted by Gasteiger charge is -2.16. The molecule has 1 N–H and O–H groups in total. The molecule has 0 saturated heterocycles. The summed E-state index contributed by atoms with van der Waals surface area (Å²) in [4.78, 5) is 30.4. The fourth-order valence-electron chi connectivity index (χ4n) is 3.25. The molecule has 5 heteroatoms. The number of pyridine rings is 1. The van der Waals surface area contributed by atoms with Crippen LogP contribution in [0, 0.1) is 13.8 Å². The Kier molecular flexibility index (Phi) is 6.62. The van der Waals surface area contributed by atoms with Gasteiger partial charge in [0.25, 0.3) is 5.91 Å². The van der Waals surface area contributed by atoms with Crippen LogP contribution < -0.4 is 10.2 Å². The van der Waals surface area contributed by atoms with Crippen molar-refractivity contribution in [3.8, 4) is 11.1 Å². The molecule has 0 atom stereocenters. The lowest BCUT2D eigenvalue weighted by molar-refractivity contribution is -0.118. The summed E-state index contributed by atoms with van der Waals surface area (Å²) in [6, 6.07) is 19.3. The van der Waals surface area contributed by atoms with E-state index < -0.39 is 0 Å². The molecule has 2 amide bonds. The van der Waals surface area contributed by atoms with E-state index in [2.05, 4.69) is 10.3 Å². The van der Waals surface area contributed by atoms with Crippen molar-refractivity contribution in [2.75, 3.05) is 11.9 Å². The summed E-state index contributed by atoms with van der Waals surface area (Å²) in [7, 11) is 1.78. The number of rotatable bonds is 6. The summed E-state index contributed by atoms with van der Waals surface area (Å²) >= 11 is 0. The number of benzene rings is 2. The first-order chi connectivity index (χ1) is 14.4. The average molecular weight is 402 g/mol. The maximum absolute atomic E-state index is 12.5. The Morgan fingerprint density at radius 2 is 1.50 bits per heavy atom. The summed E-state index contributed by atoms with van der Waals surface area (Å²) in [5.74, 6) is -0.0358. The van der Waals surface area contributed by atoms with Crippen molar-refractivity contribution in [1.82, 2.24) is 10.3 Å². The van der Waals surface area contributed by atoms with Crippen molar-refractivity contribution in [3.63, 3.8) is 0 Å². The Hall–Kier alpha value is -3.47. The van der Waals surface area contributed by atoms with Crippen LogP contribution in [0.3, 0.4) is 0 Å². The first-order valence-electron chi connectivity index (χ1n) is 10.1. The standard InChI is InChI=1S/C25H27N3O2/c1-5-24(29)28(4)23-14-12-20(13-15-23)19-8-10-21(11-9-19)25(30)26-16-22-7-6-17(2)27-18(22)3/h6-15H,5,16H2,1-4H3,(H,26,30). The van der Waals surface area contributed by atoms with Gasteiger partial charge in [-0.15, -0.1) is 0 Å². The van der Waals surface area contributed by atoms with E-state index in [1.807, 2.05) is 81.4 Å². The van der Waals surface area contributed by atoms with E-state index in [9.17, 15) is 9.59 Å². The Morgan fingerprint density at radius 3 is 2.07 bits per heavy atom. The van der Waals surface area contributed by atoms with Crippen molar-refractivity contribution in [2.45, 2.75) is 33.7 Å². The van der Waals surface area contributed by atoms with Crippen LogP contribution in [0.2, 0.25) is 0 Å². The van der Waals surface area contributed by atoms with E-state index in [1.54, 1.807) is 11.9 Å². The number of anilines is 1. The van der Waals surface area contributed by atoms with Gasteiger partial charge in [-0.3, -0.25) is 14.6 Å².